The second kappa shape index (κ2) is 5.83. The van der Waals surface area contributed by atoms with Gasteiger partial charge in [-0.25, -0.2) is 0 Å². The van der Waals surface area contributed by atoms with Crippen LogP contribution in [0.3, 0.4) is 0 Å². The summed E-state index contributed by atoms with van der Waals surface area (Å²) in [5.41, 5.74) is 0. The van der Waals surface area contributed by atoms with Crippen molar-refractivity contribution in [1.82, 2.24) is 8.61 Å². The van der Waals surface area contributed by atoms with Crippen LogP contribution in [-0.4, -0.2) is 67.6 Å². The smallest absolute Gasteiger partial charge is 0.282 e. The molecule has 2 heterocycles. The zero-order valence-electron chi connectivity index (χ0n) is 10.8. The molecule has 0 radical (unpaired) electrons. The van der Waals surface area contributed by atoms with E-state index in [1.807, 2.05) is 0 Å². The van der Waals surface area contributed by atoms with Crippen LogP contribution >= 0.6 is 0 Å². The van der Waals surface area contributed by atoms with E-state index in [9.17, 15) is 13.5 Å². The van der Waals surface area contributed by atoms with E-state index < -0.39 is 10.2 Å². The van der Waals surface area contributed by atoms with Crippen LogP contribution in [-0.2, 0) is 14.9 Å². The number of aliphatic hydroxyl groups excluding tert-OH is 1. The molecule has 2 saturated heterocycles. The standard InChI is InChI=1S/C11H22N2O4S/c1-17-11-5-7-12(8-11)18(15,16)13-6-3-2-4-10(13)9-14/h10-11,14H,2-9H2,1H3. The van der Waals surface area contributed by atoms with Crippen molar-refractivity contribution in [1.29, 1.82) is 0 Å². The lowest BCUT2D eigenvalue weighted by atomic mass is 10.1. The van der Waals surface area contributed by atoms with E-state index in [0.717, 1.165) is 25.7 Å². The minimum Gasteiger partial charge on any atom is -0.395 e. The van der Waals surface area contributed by atoms with Crippen LogP contribution in [0.5, 0.6) is 0 Å². The molecule has 0 spiro atoms. The lowest BCUT2D eigenvalue weighted by Gasteiger charge is -2.36. The van der Waals surface area contributed by atoms with E-state index in [-0.39, 0.29) is 18.8 Å². The molecule has 2 aliphatic rings. The van der Waals surface area contributed by atoms with Crippen molar-refractivity contribution in [3.63, 3.8) is 0 Å². The number of piperidine rings is 1. The summed E-state index contributed by atoms with van der Waals surface area (Å²) in [5.74, 6) is 0. The predicted octanol–water partition coefficient (Wildman–Crippen LogP) is -0.201. The van der Waals surface area contributed by atoms with Gasteiger partial charge in [0.15, 0.2) is 0 Å². The van der Waals surface area contributed by atoms with Gasteiger partial charge in [-0.1, -0.05) is 6.42 Å². The summed E-state index contributed by atoms with van der Waals surface area (Å²) < 4.78 is 33.2. The molecule has 2 unspecified atom stereocenters. The minimum atomic E-state index is -3.44. The number of nitrogens with zero attached hydrogens (tertiary/aromatic N) is 2. The summed E-state index contributed by atoms with van der Waals surface area (Å²) in [6.07, 6.45) is 3.34. The number of aliphatic hydroxyl groups is 1. The summed E-state index contributed by atoms with van der Waals surface area (Å²) in [6.45, 7) is 1.35. The minimum absolute atomic E-state index is 0.00265. The lowest BCUT2D eigenvalue weighted by molar-refractivity contribution is 0.112. The van der Waals surface area contributed by atoms with Gasteiger partial charge in [-0.15, -0.1) is 0 Å². The molecule has 18 heavy (non-hydrogen) atoms. The van der Waals surface area contributed by atoms with Crippen LogP contribution in [0.2, 0.25) is 0 Å². The summed E-state index contributed by atoms with van der Waals surface area (Å²) in [6, 6.07) is -0.259. The first kappa shape index (κ1) is 14.2. The molecule has 2 atom stereocenters. The molecule has 2 aliphatic heterocycles. The van der Waals surface area contributed by atoms with Crippen LogP contribution in [0, 0.1) is 0 Å². The maximum Gasteiger partial charge on any atom is 0.282 e. The molecule has 7 heteroatoms. The van der Waals surface area contributed by atoms with Crippen LogP contribution in [0.1, 0.15) is 25.7 Å². The summed E-state index contributed by atoms with van der Waals surface area (Å²) in [4.78, 5) is 0. The van der Waals surface area contributed by atoms with Gasteiger partial charge in [0.1, 0.15) is 0 Å². The van der Waals surface area contributed by atoms with E-state index in [4.69, 9.17) is 4.74 Å². The van der Waals surface area contributed by atoms with Crippen molar-refractivity contribution in [2.24, 2.45) is 0 Å². The highest BCUT2D eigenvalue weighted by atomic mass is 32.2. The topological polar surface area (TPSA) is 70.1 Å². The van der Waals surface area contributed by atoms with Gasteiger partial charge in [0, 0.05) is 32.8 Å². The molecular weight excluding hydrogens is 256 g/mol. The maximum atomic E-state index is 12.5. The first-order valence-corrected chi connectivity index (χ1v) is 7.90. The molecule has 0 aromatic heterocycles. The fourth-order valence-corrected chi connectivity index (χ4v) is 4.60. The number of rotatable bonds is 4. The van der Waals surface area contributed by atoms with E-state index in [0.29, 0.717) is 19.6 Å². The van der Waals surface area contributed by atoms with Gasteiger partial charge in [0.05, 0.1) is 12.7 Å². The largest absolute Gasteiger partial charge is 0.395 e. The highest BCUT2D eigenvalue weighted by molar-refractivity contribution is 7.86. The summed E-state index contributed by atoms with van der Waals surface area (Å²) in [5, 5.41) is 9.32. The quantitative estimate of drug-likeness (QED) is 0.773. The Bertz CT molecular complexity index is 373. The van der Waals surface area contributed by atoms with Crippen molar-refractivity contribution in [3.05, 3.63) is 0 Å². The summed E-state index contributed by atoms with van der Waals surface area (Å²) in [7, 11) is -1.83. The van der Waals surface area contributed by atoms with E-state index >= 15 is 0 Å². The highest BCUT2D eigenvalue weighted by Crippen LogP contribution is 2.25. The SMILES string of the molecule is COC1CCN(S(=O)(=O)N2CCCCC2CO)C1. The van der Waals surface area contributed by atoms with Gasteiger partial charge < -0.3 is 9.84 Å². The zero-order valence-corrected chi connectivity index (χ0v) is 11.6. The van der Waals surface area contributed by atoms with Crippen molar-refractivity contribution in [2.75, 3.05) is 33.4 Å². The zero-order chi connectivity index (χ0) is 13.2. The molecule has 0 aromatic rings. The third kappa shape index (κ3) is 2.70. The monoisotopic (exact) mass is 278 g/mol. The Labute approximate surface area is 109 Å². The van der Waals surface area contributed by atoms with Crippen LogP contribution in [0.4, 0.5) is 0 Å². The number of hydrogen-bond donors (Lipinski definition) is 1. The van der Waals surface area contributed by atoms with Crippen molar-refractivity contribution < 1.29 is 18.3 Å². The first-order valence-electron chi connectivity index (χ1n) is 6.50. The fraction of sp³-hybridized carbons (Fsp3) is 1.00. The van der Waals surface area contributed by atoms with E-state index in [2.05, 4.69) is 0 Å². The summed E-state index contributed by atoms with van der Waals surface area (Å²) >= 11 is 0. The Hall–Kier alpha value is -0.210. The van der Waals surface area contributed by atoms with Crippen LogP contribution in [0.15, 0.2) is 0 Å². The molecule has 2 rings (SSSR count). The van der Waals surface area contributed by atoms with Crippen LogP contribution < -0.4 is 0 Å². The van der Waals surface area contributed by atoms with E-state index in [1.54, 1.807) is 7.11 Å². The molecule has 0 bridgehead atoms. The van der Waals surface area contributed by atoms with Gasteiger partial charge in [0.2, 0.25) is 0 Å². The van der Waals surface area contributed by atoms with Gasteiger partial charge in [0.25, 0.3) is 10.2 Å². The second-order valence-corrected chi connectivity index (χ2v) is 6.84. The van der Waals surface area contributed by atoms with Crippen LogP contribution in [0.25, 0.3) is 0 Å². The Morgan fingerprint density at radius 3 is 2.67 bits per heavy atom. The average Bonchev–Trinajstić information content (AvgIpc) is 2.88. The molecule has 0 aliphatic carbocycles. The number of ether oxygens (including phenoxy) is 1. The van der Waals surface area contributed by atoms with E-state index in [1.165, 1.54) is 8.61 Å². The van der Waals surface area contributed by atoms with Crippen molar-refractivity contribution >= 4 is 10.2 Å². The molecule has 0 amide bonds. The Morgan fingerprint density at radius 2 is 2.06 bits per heavy atom. The molecule has 0 aromatic carbocycles. The van der Waals surface area contributed by atoms with Gasteiger partial charge in [-0.05, 0) is 19.3 Å². The Kier molecular flexibility index (Phi) is 4.60. The third-order valence-corrected chi connectivity index (χ3v) is 5.91. The Morgan fingerprint density at radius 1 is 1.28 bits per heavy atom. The normalized spacial score (nSPS) is 31.9. The van der Waals surface area contributed by atoms with Crippen molar-refractivity contribution in [2.45, 2.75) is 37.8 Å². The molecule has 106 valence electrons. The average molecular weight is 278 g/mol. The van der Waals surface area contributed by atoms with Gasteiger partial charge >= 0.3 is 0 Å². The molecule has 2 fully saturated rings. The second-order valence-electron chi connectivity index (χ2n) is 4.96. The molecule has 6 nitrogen and oxygen atoms in total. The predicted molar refractivity (Wildman–Crippen MR) is 67.3 cm³/mol. The first-order chi connectivity index (χ1) is 8.59. The number of methoxy groups -OCH3 is 1. The Balaban J connectivity index is 2.10. The molecule has 1 N–H and O–H groups in total. The fourth-order valence-electron chi connectivity index (χ4n) is 2.71. The van der Waals surface area contributed by atoms with Gasteiger partial charge in [-0.2, -0.15) is 17.0 Å². The van der Waals surface area contributed by atoms with Crippen molar-refractivity contribution in [3.8, 4) is 0 Å². The molecular formula is C11H22N2O4S. The maximum absolute atomic E-state index is 12.5. The van der Waals surface area contributed by atoms with Gasteiger partial charge in [-0.3, -0.25) is 0 Å². The third-order valence-electron chi connectivity index (χ3n) is 3.85. The number of hydrogen-bond acceptors (Lipinski definition) is 4. The lowest BCUT2D eigenvalue weighted by Crippen LogP contribution is -2.51. The highest BCUT2D eigenvalue weighted by Gasteiger charge is 2.39. The molecule has 0 saturated carbocycles.